The molecule has 2 aliphatic rings. The standard InChI is InChI=1S/C58H45N/c1-57(2)52-27-11-8-23-50(52)56-49(25-15-28-53(56)57)48-22-9-12-29-55(48)59(43-19-13-18-41(36-43)45-24-14-17-39-16-5-6-20-44(39)45)42-33-30-38(31-34-42)40-32-35-47-46-21-7-10-26-51(46)58(3,4)54(47)37-40/h5-37H,1-4H3. The topological polar surface area (TPSA) is 3.24 Å². The van der Waals surface area contributed by atoms with Gasteiger partial charge in [-0.25, -0.2) is 0 Å². The average Bonchev–Trinajstić information content (AvgIpc) is 3.66. The average molecular weight is 756 g/mol. The van der Waals surface area contributed by atoms with Gasteiger partial charge in [0.1, 0.15) is 0 Å². The normalized spacial score (nSPS) is 14.0. The lowest BCUT2D eigenvalue weighted by Gasteiger charge is -2.29. The minimum atomic E-state index is -0.0885. The number of anilines is 3. The van der Waals surface area contributed by atoms with Crippen LogP contribution in [-0.2, 0) is 10.8 Å². The van der Waals surface area contributed by atoms with Crippen molar-refractivity contribution in [2.24, 2.45) is 0 Å². The second kappa shape index (κ2) is 13.3. The van der Waals surface area contributed by atoms with E-state index in [0.29, 0.717) is 0 Å². The van der Waals surface area contributed by atoms with Gasteiger partial charge in [0.25, 0.3) is 0 Å². The van der Waals surface area contributed by atoms with E-state index in [1.807, 2.05) is 0 Å². The maximum atomic E-state index is 2.46. The summed E-state index contributed by atoms with van der Waals surface area (Å²) in [5.74, 6) is 0. The molecule has 0 radical (unpaired) electrons. The lowest BCUT2D eigenvalue weighted by Crippen LogP contribution is -2.15. The zero-order valence-electron chi connectivity index (χ0n) is 34.0. The van der Waals surface area contributed by atoms with E-state index in [0.717, 1.165) is 17.1 Å². The molecule has 9 aromatic rings. The molecule has 1 nitrogen and oxygen atoms in total. The van der Waals surface area contributed by atoms with Crippen LogP contribution in [0.25, 0.3) is 66.4 Å². The first-order chi connectivity index (χ1) is 28.8. The van der Waals surface area contributed by atoms with Gasteiger partial charge in [-0.2, -0.15) is 0 Å². The third-order valence-electron chi connectivity index (χ3n) is 13.3. The van der Waals surface area contributed by atoms with Gasteiger partial charge in [-0.05, 0) is 119 Å². The van der Waals surface area contributed by atoms with Crippen LogP contribution in [0.5, 0.6) is 0 Å². The van der Waals surface area contributed by atoms with E-state index in [1.54, 1.807) is 0 Å². The molecule has 0 bridgehead atoms. The molecular formula is C58H45N. The Kier molecular flexibility index (Phi) is 7.94. The molecule has 0 aromatic heterocycles. The minimum Gasteiger partial charge on any atom is -0.310 e. The highest BCUT2D eigenvalue weighted by molar-refractivity contribution is 6.00. The van der Waals surface area contributed by atoms with E-state index >= 15 is 0 Å². The number of benzene rings is 9. The van der Waals surface area contributed by atoms with Crippen LogP contribution in [0, 0.1) is 0 Å². The molecule has 0 spiro atoms. The zero-order chi connectivity index (χ0) is 39.9. The first-order valence-electron chi connectivity index (χ1n) is 20.8. The molecule has 59 heavy (non-hydrogen) atoms. The van der Waals surface area contributed by atoms with E-state index < -0.39 is 0 Å². The van der Waals surface area contributed by atoms with Gasteiger partial charge < -0.3 is 4.90 Å². The molecule has 0 amide bonds. The molecular weight excluding hydrogens is 711 g/mol. The highest BCUT2D eigenvalue weighted by Crippen LogP contribution is 2.54. The quantitative estimate of drug-likeness (QED) is 0.163. The fraction of sp³-hybridized carbons (Fsp3) is 0.103. The van der Waals surface area contributed by atoms with Gasteiger partial charge in [0, 0.05) is 27.8 Å². The van der Waals surface area contributed by atoms with Crippen molar-refractivity contribution < 1.29 is 0 Å². The van der Waals surface area contributed by atoms with Crippen LogP contribution in [0.3, 0.4) is 0 Å². The summed E-state index contributed by atoms with van der Waals surface area (Å²) >= 11 is 0. The molecule has 0 aliphatic heterocycles. The van der Waals surface area contributed by atoms with Crippen LogP contribution >= 0.6 is 0 Å². The highest BCUT2D eigenvalue weighted by atomic mass is 15.1. The number of nitrogens with zero attached hydrogens (tertiary/aromatic N) is 1. The summed E-state index contributed by atoms with van der Waals surface area (Å²) < 4.78 is 0. The summed E-state index contributed by atoms with van der Waals surface area (Å²) in [6.07, 6.45) is 0. The van der Waals surface area contributed by atoms with E-state index in [4.69, 9.17) is 0 Å². The van der Waals surface area contributed by atoms with E-state index in [-0.39, 0.29) is 10.8 Å². The molecule has 0 unspecified atom stereocenters. The molecule has 282 valence electrons. The van der Waals surface area contributed by atoms with Crippen molar-refractivity contribution in [3.8, 4) is 55.6 Å². The van der Waals surface area contributed by atoms with Crippen LogP contribution in [0.1, 0.15) is 49.9 Å². The maximum absolute atomic E-state index is 2.46. The predicted molar refractivity (Wildman–Crippen MR) is 250 cm³/mol. The first kappa shape index (κ1) is 35.2. The second-order valence-corrected chi connectivity index (χ2v) is 17.3. The number of hydrogen-bond donors (Lipinski definition) is 0. The van der Waals surface area contributed by atoms with Gasteiger partial charge in [0.15, 0.2) is 0 Å². The van der Waals surface area contributed by atoms with Crippen LogP contribution < -0.4 is 4.90 Å². The monoisotopic (exact) mass is 755 g/mol. The van der Waals surface area contributed by atoms with Crippen molar-refractivity contribution in [2.75, 3.05) is 4.90 Å². The Hall–Kier alpha value is -6.96. The van der Waals surface area contributed by atoms with Crippen LogP contribution in [-0.4, -0.2) is 0 Å². The Bertz CT molecular complexity index is 3100. The van der Waals surface area contributed by atoms with Gasteiger partial charge in [-0.15, -0.1) is 0 Å². The van der Waals surface area contributed by atoms with Gasteiger partial charge in [-0.3, -0.25) is 0 Å². The largest absolute Gasteiger partial charge is 0.310 e. The zero-order valence-corrected chi connectivity index (χ0v) is 34.0. The number of hydrogen-bond acceptors (Lipinski definition) is 1. The lowest BCUT2D eigenvalue weighted by atomic mass is 9.81. The third kappa shape index (κ3) is 5.45. The Balaban J connectivity index is 1.08. The molecule has 2 aliphatic carbocycles. The fourth-order valence-corrected chi connectivity index (χ4v) is 10.3. The number of fused-ring (bicyclic) bond motifs is 7. The molecule has 9 aromatic carbocycles. The molecule has 0 fully saturated rings. The SMILES string of the molecule is CC1(C)c2ccccc2-c2ccc(-c3ccc(N(c4cccc(-c5cccc6ccccc56)c4)c4ccccc4-c4cccc5c4-c4ccccc4C5(C)C)cc3)cc21. The van der Waals surface area contributed by atoms with Gasteiger partial charge in [0.05, 0.1) is 5.69 Å². The molecule has 1 heteroatoms. The summed E-state index contributed by atoms with van der Waals surface area (Å²) in [4.78, 5) is 2.46. The first-order valence-corrected chi connectivity index (χ1v) is 20.8. The molecule has 0 saturated heterocycles. The third-order valence-corrected chi connectivity index (χ3v) is 13.3. The van der Waals surface area contributed by atoms with Crippen molar-refractivity contribution in [1.29, 1.82) is 0 Å². The molecule has 0 atom stereocenters. The molecule has 0 N–H and O–H groups in total. The summed E-state index contributed by atoms with van der Waals surface area (Å²) in [5, 5.41) is 2.50. The minimum absolute atomic E-state index is 0.0508. The van der Waals surface area contributed by atoms with Crippen molar-refractivity contribution in [1.82, 2.24) is 0 Å². The maximum Gasteiger partial charge on any atom is 0.0540 e. The number of para-hydroxylation sites is 1. The van der Waals surface area contributed by atoms with Crippen molar-refractivity contribution in [3.05, 3.63) is 222 Å². The Labute approximate surface area is 347 Å². The Morgan fingerprint density at radius 2 is 0.881 bits per heavy atom. The molecule has 11 rings (SSSR count). The smallest absolute Gasteiger partial charge is 0.0540 e. The van der Waals surface area contributed by atoms with Crippen LogP contribution in [0.4, 0.5) is 17.1 Å². The predicted octanol–water partition coefficient (Wildman–Crippen LogP) is 15.9. The Morgan fingerprint density at radius 1 is 0.322 bits per heavy atom. The van der Waals surface area contributed by atoms with Crippen LogP contribution in [0.15, 0.2) is 200 Å². The summed E-state index contributed by atoms with van der Waals surface area (Å²) in [7, 11) is 0. The Morgan fingerprint density at radius 3 is 1.71 bits per heavy atom. The van der Waals surface area contributed by atoms with Crippen molar-refractivity contribution in [3.63, 3.8) is 0 Å². The summed E-state index contributed by atoms with van der Waals surface area (Å²) in [5.41, 5.74) is 21.5. The van der Waals surface area contributed by atoms with Gasteiger partial charge in [0.2, 0.25) is 0 Å². The molecule has 0 saturated carbocycles. The molecule has 0 heterocycles. The summed E-state index contributed by atoms with van der Waals surface area (Å²) in [6.45, 7) is 9.43. The second-order valence-electron chi connectivity index (χ2n) is 17.3. The lowest BCUT2D eigenvalue weighted by molar-refractivity contribution is 0.660. The van der Waals surface area contributed by atoms with E-state index in [2.05, 4.69) is 233 Å². The van der Waals surface area contributed by atoms with Gasteiger partial charge >= 0.3 is 0 Å². The number of rotatable bonds is 6. The van der Waals surface area contributed by atoms with Crippen molar-refractivity contribution >= 4 is 27.8 Å². The van der Waals surface area contributed by atoms with E-state index in [9.17, 15) is 0 Å². The highest BCUT2D eigenvalue weighted by Gasteiger charge is 2.37. The van der Waals surface area contributed by atoms with Gasteiger partial charge in [-0.1, -0.05) is 191 Å². The summed E-state index contributed by atoms with van der Waals surface area (Å²) in [6, 6.07) is 74.3. The fourth-order valence-electron chi connectivity index (χ4n) is 10.3. The van der Waals surface area contributed by atoms with Crippen molar-refractivity contribution in [2.45, 2.75) is 38.5 Å². The van der Waals surface area contributed by atoms with Crippen LogP contribution in [0.2, 0.25) is 0 Å². The van der Waals surface area contributed by atoms with E-state index in [1.165, 1.54) is 88.7 Å².